The summed E-state index contributed by atoms with van der Waals surface area (Å²) in [5.41, 5.74) is 4.98. The van der Waals surface area contributed by atoms with Crippen LogP contribution < -0.4 is 0 Å². The van der Waals surface area contributed by atoms with E-state index < -0.39 is 0 Å². The molecule has 1 heteroatoms. The largest absolute Gasteiger partial charge is 0.290 e. The first kappa shape index (κ1) is 5.30. The van der Waals surface area contributed by atoms with Crippen molar-refractivity contribution in [2.75, 3.05) is 0 Å². The van der Waals surface area contributed by atoms with Gasteiger partial charge in [0.2, 0.25) is 0 Å². The Bertz CT molecular complexity index is 353. The lowest BCUT2D eigenvalue weighted by molar-refractivity contribution is -0.110. The summed E-state index contributed by atoms with van der Waals surface area (Å²) in [5.74, 6) is 0.147. The Balaban J connectivity index is 2.33. The third-order valence-electron chi connectivity index (χ3n) is 2.42. The van der Waals surface area contributed by atoms with Crippen LogP contribution >= 0.6 is 0 Å². The number of carbonyl (C=O) groups excluding carboxylic acids is 1. The van der Waals surface area contributed by atoms with Gasteiger partial charge in [0.25, 0.3) is 0 Å². The van der Waals surface area contributed by atoms with E-state index in [1.807, 2.05) is 0 Å². The standard InChI is InChI=1S/C10H6O/c11-8-4-9-6-1-2-7(3-6)10(9)5-8/h1-2,4-5H,3H2. The molecule has 3 rings (SSSR count). The molecule has 3 aliphatic carbocycles. The van der Waals surface area contributed by atoms with Crippen LogP contribution in [0.25, 0.3) is 0 Å². The molecule has 0 aromatic rings. The van der Waals surface area contributed by atoms with Crippen molar-refractivity contribution in [3.63, 3.8) is 0 Å². The zero-order chi connectivity index (χ0) is 7.42. The highest BCUT2D eigenvalue weighted by atomic mass is 16.1. The molecule has 1 saturated carbocycles. The molecular formula is C10H6O. The zero-order valence-corrected chi connectivity index (χ0v) is 5.92. The van der Waals surface area contributed by atoms with Crippen molar-refractivity contribution in [1.29, 1.82) is 0 Å². The van der Waals surface area contributed by atoms with Gasteiger partial charge < -0.3 is 0 Å². The van der Waals surface area contributed by atoms with Crippen LogP contribution in [0.2, 0.25) is 0 Å². The van der Waals surface area contributed by atoms with Gasteiger partial charge in [-0.3, -0.25) is 4.79 Å². The highest BCUT2D eigenvalue weighted by molar-refractivity contribution is 6.07. The van der Waals surface area contributed by atoms with E-state index in [0.29, 0.717) is 0 Å². The lowest BCUT2D eigenvalue weighted by atomic mass is 10.1. The minimum absolute atomic E-state index is 0.147. The second kappa shape index (κ2) is 1.45. The molecule has 1 nitrogen and oxygen atoms in total. The molecule has 0 N–H and O–H groups in total. The van der Waals surface area contributed by atoms with Gasteiger partial charge in [0.1, 0.15) is 0 Å². The number of fused-ring (bicyclic) bond motifs is 5. The normalized spacial score (nSPS) is 24.5. The van der Waals surface area contributed by atoms with Crippen molar-refractivity contribution in [3.8, 4) is 0 Å². The highest BCUT2D eigenvalue weighted by Crippen LogP contribution is 2.45. The molecule has 0 radical (unpaired) electrons. The van der Waals surface area contributed by atoms with Gasteiger partial charge in [-0.1, -0.05) is 12.2 Å². The van der Waals surface area contributed by atoms with E-state index in [2.05, 4.69) is 12.2 Å². The topological polar surface area (TPSA) is 17.1 Å². The molecule has 0 heterocycles. The van der Waals surface area contributed by atoms with Crippen molar-refractivity contribution >= 4 is 5.78 Å². The predicted molar refractivity (Wildman–Crippen MR) is 42.0 cm³/mol. The van der Waals surface area contributed by atoms with E-state index >= 15 is 0 Å². The van der Waals surface area contributed by atoms with E-state index in [0.717, 1.165) is 6.42 Å². The Morgan fingerprint density at radius 2 is 1.55 bits per heavy atom. The quantitative estimate of drug-likeness (QED) is 0.503. The Kier molecular flexibility index (Phi) is 0.698. The van der Waals surface area contributed by atoms with Crippen LogP contribution in [0.3, 0.4) is 0 Å². The number of ketones is 1. The summed E-state index contributed by atoms with van der Waals surface area (Å²) >= 11 is 0. The monoisotopic (exact) mass is 142 g/mol. The van der Waals surface area contributed by atoms with Crippen molar-refractivity contribution in [2.24, 2.45) is 0 Å². The highest BCUT2D eigenvalue weighted by Gasteiger charge is 2.30. The van der Waals surface area contributed by atoms with Crippen LogP contribution in [0.15, 0.2) is 46.6 Å². The van der Waals surface area contributed by atoms with Gasteiger partial charge in [-0.05, 0) is 40.9 Å². The molecule has 11 heavy (non-hydrogen) atoms. The molecule has 2 bridgehead atoms. The maximum Gasteiger partial charge on any atom is 0.179 e. The van der Waals surface area contributed by atoms with Gasteiger partial charge in [-0.25, -0.2) is 0 Å². The molecule has 52 valence electrons. The number of hydrogen-bond acceptors (Lipinski definition) is 1. The van der Waals surface area contributed by atoms with Crippen LogP contribution in [-0.4, -0.2) is 5.78 Å². The lowest BCUT2D eigenvalue weighted by Gasteiger charge is -1.98. The van der Waals surface area contributed by atoms with Crippen molar-refractivity contribution in [1.82, 2.24) is 0 Å². The summed E-state index contributed by atoms with van der Waals surface area (Å²) in [7, 11) is 0. The molecule has 0 unspecified atom stereocenters. The van der Waals surface area contributed by atoms with Crippen LogP contribution in [0.1, 0.15) is 6.42 Å². The van der Waals surface area contributed by atoms with Gasteiger partial charge in [-0.2, -0.15) is 0 Å². The molecule has 0 aromatic heterocycles. The first-order valence-electron chi connectivity index (χ1n) is 3.73. The van der Waals surface area contributed by atoms with Crippen LogP contribution in [0.5, 0.6) is 0 Å². The molecule has 0 atom stereocenters. The van der Waals surface area contributed by atoms with Gasteiger partial charge in [-0.15, -0.1) is 0 Å². The van der Waals surface area contributed by atoms with Crippen LogP contribution in [0, 0.1) is 0 Å². The number of rotatable bonds is 0. The molecule has 3 aliphatic rings. The van der Waals surface area contributed by atoms with Crippen LogP contribution in [-0.2, 0) is 4.79 Å². The van der Waals surface area contributed by atoms with E-state index in [-0.39, 0.29) is 5.78 Å². The van der Waals surface area contributed by atoms with Gasteiger partial charge >= 0.3 is 0 Å². The maximum atomic E-state index is 11.0. The third-order valence-corrected chi connectivity index (χ3v) is 2.42. The Labute approximate surface area is 64.4 Å². The lowest BCUT2D eigenvalue weighted by Crippen LogP contribution is -1.80. The summed E-state index contributed by atoms with van der Waals surface area (Å²) in [6.07, 6.45) is 8.74. The number of allylic oxidation sites excluding steroid dienone is 8. The van der Waals surface area contributed by atoms with Gasteiger partial charge in [0.15, 0.2) is 5.78 Å². The SMILES string of the molecule is O=C1C=C2C3=CC=C(C3)C2=C1. The summed E-state index contributed by atoms with van der Waals surface area (Å²) in [6, 6.07) is 0. The fourth-order valence-electron chi connectivity index (χ4n) is 1.91. The van der Waals surface area contributed by atoms with E-state index in [9.17, 15) is 4.79 Å². The Morgan fingerprint density at radius 3 is 2.09 bits per heavy atom. The first-order chi connectivity index (χ1) is 5.34. The smallest absolute Gasteiger partial charge is 0.179 e. The van der Waals surface area contributed by atoms with Crippen LogP contribution in [0.4, 0.5) is 0 Å². The number of hydrogen-bond donors (Lipinski definition) is 0. The molecule has 0 aliphatic heterocycles. The van der Waals surface area contributed by atoms with E-state index in [1.54, 1.807) is 12.2 Å². The Hall–Kier alpha value is -1.37. The second-order valence-electron chi connectivity index (χ2n) is 3.08. The molecule has 0 aromatic carbocycles. The van der Waals surface area contributed by atoms with E-state index in [4.69, 9.17) is 0 Å². The first-order valence-corrected chi connectivity index (χ1v) is 3.73. The second-order valence-corrected chi connectivity index (χ2v) is 3.08. The molecule has 1 fully saturated rings. The van der Waals surface area contributed by atoms with E-state index in [1.165, 1.54) is 22.3 Å². The average molecular weight is 142 g/mol. The summed E-state index contributed by atoms with van der Waals surface area (Å²) in [6.45, 7) is 0. The molecular weight excluding hydrogens is 136 g/mol. The number of carbonyl (C=O) groups is 1. The van der Waals surface area contributed by atoms with Gasteiger partial charge in [0.05, 0.1) is 0 Å². The predicted octanol–water partition coefficient (Wildman–Crippen LogP) is 1.69. The summed E-state index contributed by atoms with van der Waals surface area (Å²) in [5, 5.41) is 0. The fraction of sp³-hybridized carbons (Fsp3) is 0.100. The van der Waals surface area contributed by atoms with Crippen molar-refractivity contribution in [2.45, 2.75) is 6.42 Å². The zero-order valence-electron chi connectivity index (χ0n) is 5.92. The van der Waals surface area contributed by atoms with Gasteiger partial charge in [0, 0.05) is 0 Å². The molecule has 0 saturated heterocycles. The summed E-state index contributed by atoms with van der Waals surface area (Å²) in [4.78, 5) is 11.0. The maximum absolute atomic E-state index is 11.0. The minimum atomic E-state index is 0.147. The fourth-order valence-corrected chi connectivity index (χ4v) is 1.91. The van der Waals surface area contributed by atoms with Crippen molar-refractivity contribution < 1.29 is 4.79 Å². The Morgan fingerprint density at radius 1 is 1.00 bits per heavy atom. The third kappa shape index (κ3) is 0.497. The summed E-state index contributed by atoms with van der Waals surface area (Å²) < 4.78 is 0. The molecule has 0 amide bonds. The molecule has 0 spiro atoms. The minimum Gasteiger partial charge on any atom is -0.290 e. The van der Waals surface area contributed by atoms with Crippen molar-refractivity contribution in [3.05, 3.63) is 46.6 Å². The average Bonchev–Trinajstić information content (AvgIpc) is 2.53.